The highest BCUT2D eigenvalue weighted by molar-refractivity contribution is 5.98. The first-order valence-corrected chi connectivity index (χ1v) is 8.70. The summed E-state index contributed by atoms with van der Waals surface area (Å²) in [6.45, 7) is 7.63. The summed E-state index contributed by atoms with van der Waals surface area (Å²) in [6, 6.07) is 5.77. The molecule has 0 spiro atoms. The average molecular weight is 405 g/mol. The monoisotopic (exact) mass is 405 g/mol. The number of aryl methyl sites for hydroxylation is 1. The third kappa shape index (κ3) is 4.11. The second-order valence-corrected chi connectivity index (χ2v) is 6.53. The van der Waals surface area contributed by atoms with E-state index in [1.807, 2.05) is 18.4 Å². The highest BCUT2D eigenvalue weighted by Crippen LogP contribution is 2.34. The Balaban J connectivity index is 1.84. The van der Waals surface area contributed by atoms with Crippen LogP contribution < -0.4 is 10.4 Å². The van der Waals surface area contributed by atoms with Crippen LogP contribution in [0.1, 0.15) is 27.3 Å². The number of carbonyl (C=O) groups excluding carboxylic acids is 1. The maximum Gasteiger partial charge on any atom is 0.417 e. The molecule has 0 saturated heterocycles. The molecule has 0 atom stereocenters. The Morgan fingerprint density at radius 2 is 1.97 bits per heavy atom. The number of allylic oxidation sites excluding steroid dienone is 1. The van der Waals surface area contributed by atoms with Gasteiger partial charge in [-0.2, -0.15) is 13.2 Å². The number of aromatic nitrogens is 1. The number of hydrogen-bond donors (Lipinski definition) is 0. The van der Waals surface area contributed by atoms with Crippen LogP contribution in [-0.4, -0.2) is 17.0 Å². The number of hydrogen-bond acceptors (Lipinski definition) is 4. The molecule has 2 aromatic heterocycles. The van der Waals surface area contributed by atoms with Crippen molar-refractivity contribution in [3.8, 4) is 5.75 Å². The number of benzene rings is 1. The predicted molar refractivity (Wildman–Crippen MR) is 101 cm³/mol. The van der Waals surface area contributed by atoms with Crippen LogP contribution in [0, 0.1) is 13.8 Å². The van der Waals surface area contributed by atoms with Gasteiger partial charge in [-0.15, -0.1) is 6.58 Å². The van der Waals surface area contributed by atoms with E-state index in [-0.39, 0.29) is 29.1 Å². The Morgan fingerprint density at radius 1 is 1.24 bits per heavy atom. The normalized spacial score (nSPS) is 11.6. The SMILES string of the molecule is C=CCn1c(C)cc(C(=O)COc2ccc3c(C(F)(F)F)cc(=O)oc3c2)c1C. The Morgan fingerprint density at radius 3 is 2.62 bits per heavy atom. The van der Waals surface area contributed by atoms with Crippen LogP contribution in [0.25, 0.3) is 11.0 Å². The lowest BCUT2D eigenvalue weighted by Gasteiger charge is -2.11. The summed E-state index contributed by atoms with van der Waals surface area (Å²) in [5.74, 6) is -0.160. The minimum atomic E-state index is -4.69. The number of rotatable bonds is 6. The zero-order valence-corrected chi connectivity index (χ0v) is 15.8. The molecule has 0 aliphatic carbocycles. The van der Waals surface area contributed by atoms with Crippen LogP contribution >= 0.6 is 0 Å². The lowest BCUT2D eigenvalue weighted by molar-refractivity contribution is -0.136. The molecule has 8 heteroatoms. The molecular formula is C21H18F3NO4. The van der Waals surface area contributed by atoms with Gasteiger partial charge in [0.1, 0.15) is 11.3 Å². The summed E-state index contributed by atoms with van der Waals surface area (Å²) in [7, 11) is 0. The smallest absolute Gasteiger partial charge is 0.417 e. The first-order valence-electron chi connectivity index (χ1n) is 8.70. The summed E-state index contributed by atoms with van der Waals surface area (Å²) in [4.78, 5) is 24.0. The van der Waals surface area contributed by atoms with Crippen LogP contribution in [0.15, 0.2) is 52.2 Å². The van der Waals surface area contributed by atoms with E-state index < -0.39 is 17.4 Å². The van der Waals surface area contributed by atoms with E-state index in [1.54, 1.807) is 12.1 Å². The fraction of sp³-hybridized carbons (Fsp3) is 0.238. The molecule has 0 N–H and O–H groups in total. The fourth-order valence-electron chi connectivity index (χ4n) is 3.19. The summed E-state index contributed by atoms with van der Waals surface area (Å²) in [5.41, 5.74) is -0.294. The number of carbonyl (C=O) groups is 1. The van der Waals surface area contributed by atoms with Crippen molar-refractivity contribution in [2.75, 3.05) is 6.61 Å². The van der Waals surface area contributed by atoms with Crippen molar-refractivity contribution >= 4 is 16.8 Å². The molecule has 0 aliphatic rings. The van der Waals surface area contributed by atoms with Crippen LogP contribution in [0.4, 0.5) is 13.2 Å². The summed E-state index contributed by atoms with van der Waals surface area (Å²) >= 11 is 0. The second-order valence-electron chi connectivity index (χ2n) is 6.53. The second kappa shape index (κ2) is 7.62. The van der Waals surface area contributed by atoms with Gasteiger partial charge in [-0.25, -0.2) is 4.79 Å². The third-order valence-corrected chi connectivity index (χ3v) is 4.58. The number of nitrogens with zero attached hydrogens (tertiary/aromatic N) is 1. The molecule has 152 valence electrons. The Bertz CT molecular complexity index is 1160. The standard InChI is InChI=1S/C21H18F3NO4/c1-4-7-25-12(2)8-16(13(25)3)18(26)11-28-14-5-6-15-17(21(22,23)24)10-20(27)29-19(15)9-14/h4-6,8-10H,1,7,11H2,2-3H3. The first kappa shape index (κ1) is 20.4. The van der Waals surface area contributed by atoms with Crippen molar-refractivity contribution in [2.45, 2.75) is 26.6 Å². The Kier molecular flexibility index (Phi) is 5.37. The minimum absolute atomic E-state index is 0.119. The van der Waals surface area contributed by atoms with Crippen LogP contribution in [0.5, 0.6) is 5.75 Å². The average Bonchev–Trinajstić information content (AvgIpc) is 2.93. The number of fused-ring (bicyclic) bond motifs is 1. The minimum Gasteiger partial charge on any atom is -0.485 e. The topological polar surface area (TPSA) is 61.4 Å². The number of ketones is 1. The van der Waals surface area contributed by atoms with Gasteiger partial charge in [0.25, 0.3) is 0 Å². The van der Waals surface area contributed by atoms with E-state index in [1.165, 1.54) is 12.1 Å². The van der Waals surface area contributed by atoms with Crippen molar-refractivity contribution in [3.63, 3.8) is 0 Å². The number of halogens is 3. The summed E-state index contributed by atoms with van der Waals surface area (Å²) < 4.78 is 51.5. The quantitative estimate of drug-likeness (QED) is 0.340. The van der Waals surface area contributed by atoms with Gasteiger partial charge in [0.15, 0.2) is 6.61 Å². The molecule has 3 rings (SSSR count). The molecule has 0 aliphatic heterocycles. The highest BCUT2D eigenvalue weighted by atomic mass is 19.4. The molecule has 0 fully saturated rings. The molecule has 0 radical (unpaired) electrons. The number of Topliss-reactive ketones (excluding diaryl/α,β-unsaturated/α-hetero) is 1. The molecule has 5 nitrogen and oxygen atoms in total. The lowest BCUT2D eigenvalue weighted by atomic mass is 10.1. The van der Waals surface area contributed by atoms with Crippen molar-refractivity contribution < 1.29 is 27.1 Å². The van der Waals surface area contributed by atoms with Gasteiger partial charge in [0.2, 0.25) is 5.78 Å². The zero-order valence-electron chi connectivity index (χ0n) is 15.8. The van der Waals surface area contributed by atoms with Crippen molar-refractivity contribution in [2.24, 2.45) is 0 Å². The van der Waals surface area contributed by atoms with E-state index in [0.29, 0.717) is 18.2 Å². The van der Waals surface area contributed by atoms with E-state index in [0.717, 1.165) is 17.5 Å². The van der Waals surface area contributed by atoms with Gasteiger partial charge in [0, 0.05) is 41.0 Å². The molecule has 29 heavy (non-hydrogen) atoms. The fourth-order valence-corrected chi connectivity index (χ4v) is 3.19. The van der Waals surface area contributed by atoms with Crippen LogP contribution in [0.2, 0.25) is 0 Å². The van der Waals surface area contributed by atoms with Gasteiger partial charge in [-0.05, 0) is 32.0 Å². The largest absolute Gasteiger partial charge is 0.485 e. The van der Waals surface area contributed by atoms with Crippen LogP contribution in [0.3, 0.4) is 0 Å². The lowest BCUT2D eigenvalue weighted by Crippen LogP contribution is -2.13. The number of ether oxygens (including phenoxy) is 1. The Hall–Kier alpha value is -3.29. The molecule has 1 aromatic carbocycles. The summed E-state index contributed by atoms with van der Waals surface area (Å²) in [6.07, 6.45) is -2.97. The van der Waals surface area contributed by atoms with E-state index in [9.17, 15) is 22.8 Å². The van der Waals surface area contributed by atoms with Gasteiger partial charge in [-0.1, -0.05) is 6.08 Å². The van der Waals surface area contributed by atoms with Gasteiger partial charge >= 0.3 is 11.8 Å². The first-order chi connectivity index (χ1) is 13.6. The molecule has 0 bridgehead atoms. The molecule has 0 amide bonds. The molecular weight excluding hydrogens is 387 g/mol. The number of alkyl halides is 3. The predicted octanol–water partition coefficient (Wildman–Crippen LogP) is 4.68. The summed E-state index contributed by atoms with van der Waals surface area (Å²) in [5, 5.41) is -0.260. The third-order valence-electron chi connectivity index (χ3n) is 4.58. The molecule has 2 heterocycles. The maximum absolute atomic E-state index is 13.1. The maximum atomic E-state index is 13.1. The van der Waals surface area contributed by atoms with Crippen molar-refractivity contribution in [3.05, 3.63) is 75.9 Å². The van der Waals surface area contributed by atoms with Gasteiger partial charge in [0.05, 0.1) is 5.56 Å². The van der Waals surface area contributed by atoms with Gasteiger partial charge < -0.3 is 13.7 Å². The van der Waals surface area contributed by atoms with E-state index in [4.69, 9.17) is 9.15 Å². The van der Waals surface area contributed by atoms with Crippen molar-refractivity contribution in [1.82, 2.24) is 4.57 Å². The molecule has 0 saturated carbocycles. The van der Waals surface area contributed by atoms with Gasteiger partial charge in [-0.3, -0.25) is 4.79 Å². The zero-order chi connectivity index (χ0) is 21.3. The van der Waals surface area contributed by atoms with Crippen molar-refractivity contribution in [1.29, 1.82) is 0 Å². The highest BCUT2D eigenvalue weighted by Gasteiger charge is 2.33. The molecule has 0 unspecified atom stereocenters. The molecule has 3 aromatic rings. The van der Waals surface area contributed by atoms with Crippen LogP contribution in [-0.2, 0) is 12.7 Å². The van der Waals surface area contributed by atoms with E-state index >= 15 is 0 Å². The Labute approximate surface area is 164 Å². The van der Waals surface area contributed by atoms with E-state index in [2.05, 4.69) is 6.58 Å².